The van der Waals surface area contributed by atoms with E-state index in [0.717, 1.165) is 0 Å². The maximum Gasteiger partial charge on any atom is 0.416 e. The van der Waals surface area contributed by atoms with Crippen molar-refractivity contribution in [3.8, 4) is 11.3 Å². The number of nitrogens with zero attached hydrogens (tertiary/aromatic N) is 1. The Labute approximate surface area is 107 Å². The molecule has 2 nitrogen and oxygen atoms in total. The number of aromatic nitrogens is 2. The van der Waals surface area contributed by atoms with E-state index < -0.39 is 40.6 Å². The van der Waals surface area contributed by atoms with Gasteiger partial charge in [-0.15, -0.1) is 0 Å². The minimum atomic E-state index is -4.98. The van der Waals surface area contributed by atoms with Crippen molar-refractivity contribution in [2.24, 2.45) is 0 Å². The van der Waals surface area contributed by atoms with Gasteiger partial charge in [-0.2, -0.15) is 31.4 Å². The molecular weight excluding hydrogens is 293 g/mol. The lowest BCUT2D eigenvalue weighted by atomic mass is 10.0. The summed E-state index contributed by atoms with van der Waals surface area (Å²) in [5.74, 6) is -1.04. The van der Waals surface area contributed by atoms with E-state index in [1.807, 2.05) is 5.10 Å². The zero-order valence-electron chi connectivity index (χ0n) is 9.40. The monoisotopic (exact) mass is 298 g/mol. The molecule has 9 heteroatoms. The number of aromatic amines is 1. The molecule has 0 aliphatic rings. The van der Waals surface area contributed by atoms with E-state index in [2.05, 4.69) is 5.10 Å². The molecule has 0 radical (unpaired) electrons. The van der Waals surface area contributed by atoms with Crippen molar-refractivity contribution in [2.45, 2.75) is 12.4 Å². The first kappa shape index (κ1) is 14.4. The van der Waals surface area contributed by atoms with Gasteiger partial charge in [0.05, 0.1) is 17.3 Å². The molecule has 2 aromatic rings. The summed E-state index contributed by atoms with van der Waals surface area (Å²) >= 11 is 0. The van der Waals surface area contributed by atoms with Crippen LogP contribution < -0.4 is 0 Å². The van der Waals surface area contributed by atoms with E-state index in [-0.39, 0.29) is 6.07 Å². The van der Waals surface area contributed by atoms with E-state index >= 15 is 0 Å². The van der Waals surface area contributed by atoms with Crippen LogP contribution in [-0.4, -0.2) is 10.2 Å². The largest absolute Gasteiger partial charge is 0.416 e. The smallest absolute Gasteiger partial charge is 0.275 e. The van der Waals surface area contributed by atoms with Crippen molar-refractivity contribution in [3.05, 3.63) is 41.3 Å². The highest BCUT2D eigenvalue weighted by Gasteiger charge is 2.37. The molecule has 0 amide bonds. The third-order valence-electron chi connectivity index (χ3n) is 2.47. The number of rotatable bonds is 1. The second-order valence-electron chi connectivity index (χ2n) is 3.89. The normalized spacial score (nSPS) is 12.8. The Morgan fingerprint density at radius 3 is 1.70 bits per heavy atom. The first-order valence-corrected chi connectivity index (χ1v) is 5.08. The van der Waals surface area contributed by atoms with Crippen LogP contribution in [0.4, 0.5) is 30.7 Å². The average Bonchev–Trinajstić information content (AvgIpc) is 2.72. The molecule has 0 fully saturated rings. The highest BCUT2D eigenvalue weighted by Crippen LogP contribution is 2.38. The second-order valence-corrected chi connectivity index (χ2v) is 3.89. The molecular formula is C11H5F7N2. The first-order chi connectivity index (χ1) is 9.09. The van der Waals surface area contributed by atoms with Gasteiger partial charge in [-0.05, 0) is 18.2 Å². The highest BCUT2D eigenvalue weighted by atomic mass is 19.4. The van der Waals surface area contributed by atoms with E-state index in [1.165, 1.54) is 0 Å². The van der Waals surface area contributed by atoms with Crippen LogP contribution in [0.3, 0.4) is 0 Å². The van der Waals surface area contributed by atoms with E-state index in [4.69, 9.17) is 0 Å². The third kappa shape index (κ3) is 2.75. The van der Waals surface area contributed by atoms with Crippen molar-refractivity contribution in [3.63, 3.8) is 0 Å². The summed E-state index contributed by atoms with van der Waals surface area (Å²) in [6, 6.07) is 0.815. The molecule has 0 aliphatic heterocycles. The van der Waals surface area contributed by atoms with E-state index in [9.17, 15) is 30.7 Å². The first-order valence-electron chi connectivity index (χ1n) is 5.08. The highest BCUT2D eigenvalue weighted by molar-refractivity contribution is 5.62. The fourth-order valence-corrected chi connectivity index (χ4v) is 1.57. The van der Waals surface area contributed by atoms with Crippen LogP contribution in [0, 0.1) is 5.82 Å². The van der Waals surface area contributed by atoms with Crippen LogP contribution in [0.5, 0.6) is 0 Å². The fourth-order valence-electron chi connectivity index (χ4n) is 1.57. The number of hydrogen-bond acceptors (Lipinski definition) is 1. The molecule has 2 rings (SSSR count). The van der Waals surface area contributed by atoms with Crippen LogP contribution in [0.25, 0.3) is 11.3 Å². The Balaban J connectivity index is 2.67. The van der Waals surface area contributed by atoms with Crippen LogP contribution >= 0.6 is 0 Å². The molecule has 0 saturated carbocycles. The lowest BCUT2D eigenvalue weighted by molar-refractivity contribution is -0.143. The molecule has 0 saturated heterocycles. The Bertz CT molecular complexity index is 592. The van der Waals surface area contributed by atoms with Crippen molar-refractivity contribution in [2.75, 3.05) is 0 Å². The van der Waals surface area contributed by atoms with Gasteiger partial charge in [0, 0.05) is 5.56 Å². The molecule has 108 valence electrons. The standard InChI is InChI=1S/C11H5F7N2/c12-8-4-19-20-9(8)5-1-6(10(13,14)15)3-7(2-5)11(16,17)18/h1-4H,(H,19,20). The average molecular weight is 298 g/mol. The van der Waals surface area contributed by atoms with Crippen molar-refractivity contribution in [1.29, 1.82) is 0 Å². The van der Waals surface area contributed by atoms with Gasteiger partial charge in [-0.1, -0.05) is 0 Å². The van der Waals surface area contributed by atoms with Crippen molar-refractivity contribution >= 4 is 0 Å². The van der Waals surface area contributed by atoms with Gasteiger partial charge >= 0.3 is 12.4 Å². The Kier molecular flexibility index (Phi) is 3.23. The lowest BCUT2D eigenvalue weighted by Gasteiger charge is -2.13. The zero-order valence-corrected chi connectivity index (χ0v) is 9.40. The zero-order chi connectivity index (χ0) is 15.1. The third-order valence-corrected chi connectivity index (χ3v) is 2.47. The summed E-state index contributed by atoms with van der Waals surface area (Å²) < 4.78 is 88.8. The summed E-state index contributed by atoms with van der Waals surface area (Å²) in [6.45, 7) is 0. The number of alkyl halides is 6. The molecule has 1 N–H and O–H groups in total. The lowest BCUT2D eigenvalue weighted by Crippen LogP contribution is -2.11. The molecule has 1 aromatic heterocycles. The Hall–Kier alpha value is -2.06. The second kappa shape index (κ2) is 4.50. The predicted octanol–water partition coefficient (Wildman–Crippen LogP) is 4.25. The maximum atomic E-state index is 13.2. The maximum absolute atomic E-state index is 13.2. The minimum absolute atomic E-state index is 0.0300. The van der Waals surface area contributed by atoms with Crippen LogP contribution in [0.1, 0.15) is 11.1 Å². The van der Waals surface area contributed by atoms with Crippen LogP contribution in [-0.2, 0) is 12.4 Å². The number of hydrogen-bond donors (Lipinski definition) is 1. The van der Waals surface area contributed by atoms with Gasteiger partial charge in [0.15, 0.2) is 5.82 Å². The van der Waals surface area contributed by atoms with Gasteiger partial charge in [-0.25, -0.2) is 4.39 Å². The predicted molar refractivity (Wildman–Crippen MR) is 54.0 cm³/mol. The number of benzene rings is 1. The summed E-state index contributed by atoms with van der Waals surface area (Å²) in [5.41, 5.74) is -4.16. The van der Waals surface area contributed by atoms with Crippen LogP contribution in [0.15, 0.2) is 24.4 Å². The summed E-state index contributed by atoms with van der Waals surface area (Å²) in [5, 5.41) is 5.24. The van der Waals surface area contributed by atoms with Crippen molar-refractivity contribution < 1.29 is 30.7 Å². The van der Waals surface area contributed by atoms with E-state index in [1.54, 1.807) is 0 Å². The van der Waals surface area contributed by atoms with Gasteiger partial charge in [-0.3, -0.25) is 5.10 Å². The van der Waals surface area contributed by atoms with Gasteiger partial charge in [0.1, 0.15) is 5.69 Å². The van der Waals surface area contributed by atoms with E-state index in [0.29, 0.717) is 18.3 Å². The molecule has 0 atom stereocenters. The number of halogens is 7. The van der Waals surface area contributed by atoms with Crippen LogP contribution in [0.2, 0.25) is 0 Å². The van der Waals surface area contributed by atoms with Crippen molar-refractivity contribution in [1.82, 2.24) is 10.2 Å². The molecule has 1 heterocycles. The summed E-state index contributed by atoms with van der Waals surface area (Å²) in [6.07, 6.45) is -9.30. The quantitative estimate of drug-likeness (QED) is 0.783. The molecule has 20 heavy (non-hydrogen) atoms. The fraction of sp³-hybridized carbons (Fsp3) is 0.182. The molecule has 1 aromatic carbocycles. The molecule has 0 spiro atoms. The number of nitrogens with one attached hydrogen (secondary N) is 1. The van der Waals surface area contributed by atoms with Gasteiger partial charge in [0.2, 0.25) is 0 Å². The van der Waals surface area contributed by atoms with Gasteiger partial charge in [0.25, 0.3) is 0 Å². The van der Waals surface area contributed by atoms with Gasteiger partial charge < -0.3 is 0 Å². The Morgan fingerprint density at radius 1 is 0.850 bits per heavy atom. The summed E-state index contributed by atoms with van der Waals surface area (Å²) in [4.78, 5) is 0. The molecule has 0 bridgehead atoms. The minimum Gasteiger partial charge on any atom is -0.275 e. The Morgan fingerprint density at radius 2 is 1.35 bits per heavy atom. The molecule has 0 aliphatic carbocycles. The topological polar surface area (TPSA) is 28.7 Å². The number of H-pyrrole nitrogens is 1. The SMILES string of the molecule is Fc1cn[nH]c1-c1cc(C(F)(F)F)cc(C(F)(F)F)c1. The summed E-state index contributed by atoms with van der Waals surface area (Å²) in [7, 11) is 0. The molecule has 0 unspecified atom stereocenters.